The van der Waals surface area contributed by atoms with E-state index in [9.17, 15) is 13.2 Å². The van der Waals surface area contributed by atoms with Crippen LogP contribution in [0.5, 0.6) is 5.75 Å². The minimum atomic E-state index is -3.20. The predicted molar refractivity (Wildman–Crippen MR) is 107 cm³/mol. The Morgan fingerprint density at radius 1 is 1.11 bits per heavy atom. The maximum atomic E-state index is 12.2. The molecule has 1 heterocycles. The number of rotatable bonds is 5. The first kappa shape index (κ1) is 19.0. The third-order valence-electron chi connectivity index (χ3n) is 4.42. The van der Waals surface area contributed by atoms with E-state index in [1.165, 1.54) is 10.4 Å². The Balaban J connectivity index is 1.66. The van der Waals surface area contributed by atoms with Crippen molar-refractivity contribution in [3.63, 3.8) is 0 Å². The molecule has 1 aliphatic rings. The third kappa shape index (κ3) is 4.49. The van der Waals surface area contributed by atoms with E-state index in [0.29, 0.717) is 24.3 Å². The Kier molecular flexibility index (Phi) is 5.51. The summed E-state index contributed by atoms with van der Waals surface area (Å²) in [5.41, 5.74) is 2.99. The zero-order valence-electron chi connectivity index (χ0n) is 15.3. The zero-order chi connectivity index (χ0) is 19.4. The van der Waals surface area contributed by atoms with E-state index in [1.54, 1.807) is 31.4 Å². The van der Waals surface area contributed by atoms with Crippen molar-refractivity contribution in [2.24, 2.45) is 0 Å². The summed E-state index contributed by atoms with van der Waals surface area (Å²) in [4.78, 5) is 12.2. The van der Waals surface area contributed by atoms with Crippen molar-refractivity contribution in [3.05, 3.63) is 60.2 Å². The summed E-state index contributed by atoms with van der Waals surface area (Å²) in [6, 6.07) is 14.3. The number of hydrogen-bond donors (Lipinski definition) is 1. The SMILES string of the molecule is COc1ccc(/C(C)=C/C(=O)Nc2ccc(N3CCCS3(=O)=O)cc2)cc1. The Hall–Kier alpha value is -2.80. The van der Waals surface area contributed by atoms with E-state index in [1.807, 2.05) is 31.2 Å². The number of carbonyl (C=O) groups excluding carboxylic acids is 1. The van der Waals surface area contributed by atoms with E-state index in [-0.39, 0.29) is 11.7 Å². The van der Waals surface area contributed by atoms with Gasteiger partial charge in [-0.05, 0) is 60.9 Å². The van der Waals surface area contributed by atoms with E-state index in [4.69, 9.17) is 4.74 Å². The molecule has 2 aromatic carbocycles. The summed E-state index contributed by atoms with van der Waals surface area (Å²) >= 11 is 0. The van der Waals surface area contributed by atoms with E-state index in [2.05, 4.69) is 5.32 Å². The number of allylic oxidation sites excluding steroid dienone is 1. The van der Waals surface area contributed by atoms with Gasteiger partial charge in [-0.2, -0.15) is 0 Å². The smallest absolute Gasteiger partial charge is 0.248 e. The monoisotopic (exact) mass is 386 g/mol. The van der Waals surface area contributed by atoms with Crippen molar-refractivity contribution in [1.82, 2.24) is 0 Å². The molecule has 2 aromatic rings. The Labute approximate surface area is 159 Å². The third-order valence-corrected chi connectivity index (χ3v) is 6.28. The number of methoxy groups -OCH3 is 1. The van der Waals surface area contributed by atoms with Crippen LogP contribution >= 0.6 is 0 Å². The second-order valence-electron chi connectivity index (χ2n) is 6.33. The average molecular weight is 386 g/mol. The Bertz CT molecular complexity index is 948. The lowest BCUT2D eigenvalue weighted by Gasteiger charge is -2.17. The molecular formula is C20H22N2O4S. The van der Waals surface area contributed by atoms with Crippen molar-refractivity contribution in [3.8, 4) is 5.75 Å². The molecule has 0 spiro atoms. The number of nitrogens with one attached hydrogen (secondary N) is 1. The standard InChI is InChI=1S/C20H22N2O4S/c1-15(16-4-10-19(26-2)11-5-16)14-20(23)21-17-6-8-18(9-7-17)22-12-3-13-27(22,24)25/h4-11,14H,3,12-13H2,1-2H3,(H,21,23)/b15-14+. The lowest BCUT2D eigenvalue weighted by atomic mass is 10.1. The highest BCUT2D eigenvalue weighted by atomic mass is 32.2. The van der Waals surface area contributed by atoms with Crippen LogP contribution in [0.15, 0.2) is 54.6 Å². The molecule has 0 bridgehead atoms. The highest BCUT2D eigenvalue weighted by molar-refractivity contribution is 7.93. The quantitative estimate of drug-likeness (QED) is 0.800. The van der Waals surface area contributed by atoms with Crippen molar-refractivity contribution in [2.75, 3.05) is 29.0 Å². The van der Waals surface area contributed by atoms with Gasteiger partial charge >= 0.3 is 0 Å². The molecule has 27 heavy (non-hydrogen) atoms. The number of carbonyl (C=O) groups is 1. The summed E-state index contributed by atoms with van der Waals surface area (Å²) in [6.45, 7) is 2.36. The first-order valence-corrected chi connectivity index (χ1v) is 10.2. The van der Waals surface area contributed by atoms with Crippen LogP contribution in [0.1, 0.15) is 18.9 Å². The second kappa shape index (κ2) is 7.84. The van der Waals surface area contributed by atoms with Gasteiger partial charge in [-0.25, -0.2) is 8.42 Å². The number of benzene rings is 2. The molecule has 0 unspecified atom stereocenters. The highest BCUT2D eigenvalue weighted by Crippen LogP contribution is 2.25. The second-order valence-corrected chi connectivity index (χ2v) is 8.35. The van der Waals surface area contributed by atoms with Crippen LogP contribution in [0.25, 0.3) is 5.57 Å². The van der Waals surface area contributed by atoms with Crippen LogP contribution in [0.4, 0.5) is 11.4 Å². The molecule has 1 amide bonds. The maximum absolute atomic E-state index is 12.2. The molecule has 1 saturated heterocycles. The summed E-state index contributed by atoms with van der Waals surface area (Å²) in [6.07, 6.45) is 2.16. The van der Waals surface area contributed by atoms with Gasteiger partial charge in [0.1, 0.15) is 5.75 Å². The van der Waals surface area contributed by atoms with Gasteiger partial charge in [-0.1, -0.05) is 12.1 Å². The van der Waals surface area contributed by atoms with Crippen molar-refractivity contribution in [1.29, 1.82) is 0 Å². The lowest BCUT2D eigenvalue weighted by Crippen LogP contribution is -2.24. The molecule has 0 radical (unpaired) electrons. The van der Waals surface area contributed by atoms with Gasteiger partial charge in [-0.3, -0.25) is 9.10 Å². The van der Waals surface area contributed by atoms with Crippen molar-refractivity contribution >= 4 is 32.9 Å². The summed E-state index contributed by atoms with van der Waals surface area (Å²) in [7, 11) is -1.59. The first-order valence-electron chi connectivity index (χ1n) is 8.63. The van der Waals surface area contributed by atoms with Crippen LogP contribution in [0.2, 0.25) is 0 Å². The van der Waals surface area contributed by atoms with Gasteiger partial charge in [0.25, 0.3) is 0 Å². The lowest BCUT2D eigenvalue weighted by molar-refractivity contribution is -0.111. The Morgan fingerprint density at radius 2 is 1.78 bits per heavy atom. The fourth-order valence-corrected chi connectivity index (χ4v) is 4.52. The van der Waals surface area contributed by atoms with Crippen molar-refractivity contribution in [2.45, 2.75) is 13.3 Å². The van der Waals surface area contributed by atoms with Crippen molar-refractivity contribution < 1.29 is 17.9 Å². The van der Waals surface area contributed by atoms with Gasteiger partial charge in [0.05, 0.1) is 18.6 Å². The van der Waals surface area contributed by atoms with E-state index < -0.39 is 10.0 Å². The summed E-state index contributed by atoms with van der Waals surface area (Å²) in [5, 5.41) is 2.80. The molecule has 1 fully saturated rings. The zero-order valence-corrected chi connectivity index (χ0v) is 16.1. The first-order chi connectivity index (χ1) is 12.9. The van der Waals surface area contributed by atoms with Crippen LogP contribution < -0.4 is 14.4 Å². The molecule has 3 rings (SSSR count). The van der Waals surface area contributed by atoms with Gasteiger partial charge in [0.2, 0.25) is 15.9 Å². The van der Waals surface area contributed by atoms with Crippen LogP contribution in [0, 0.1) is 0 Å². The predicted octanol–water partition coefficient (Wildman–Crippen LogP) is 3.28. The van der Waals surface area contributed by atoms with Crippen LogP contribution in [-0.4, -0.2) is 33.7 Å². The fourth-order valence-electron chi connectivity index (χ4n) is 2.95. The average Bonchev–Trinajstić information content (AvgIpc) is 3.01. The molecule has 7 heteroatoms. The molecule has 142 valence electrons. The number of sulfonamides is 1. The van der Waals surface area contributed by atoms with Crippen LogP contribution in [-0.2, 0) is 14.8 Å². The maximum Gasteiger partial charge on any atom is 0.248 e. The largest absolute Gasteiger partial charge is 0.497 e. The summed E-state index contributed by atoms with van der Waals surface area (Å²) in [5.74, 6) is 0.696. The highest BCUT2D eigenvalue weighted by Gasteiger charge is 2.28. The number of nitrogens with zero attached hydrogens (tertiary/aromatic N) is 1. The number of amides is 1. The van der Waals surface area contributed by atoms with E-state index >= 15 is 0 Å². The molecule has 6 nitrogen and oxygen atoms in total. The van der Waals surface area contributed by atoms with E-state index in [0.717, 1.165) is 16.9 Å². The minimum Gasteiger partial charge on any atom is -0.497 e. The topological polar surface area (TPSA) is 75.7 Å². The van der Waals surface area contributed by atoms with Gasteiger partial charge in [0, 0.05) is 18.3 Å². The number of anilines is 2. The molecule has 0 aliphatic carbocycles. The molecule has 0 aromatic heterocycles. The van der Waals surface area contributed by atoms with Crippen LogP contribution in [0.3, 0.4) is 0 Å². The molecule has 0 saturated carbocycles. The summed E-state index contributed by atoms with van der Waals surface area (Å²) < 4.78 is 30.5. The molecule has 1 N–H and O–H groups in total. The number of ether oxygens (including phenoxy) is 1. The normalized spacial score (nSPS) is 16.2. The van der Waals surface area contributed by atoms with Gasteiger partial charge in [-0.15, -0.1) is 0 Å². The van der Waals surface area contributed by atoms with Gasteiger partial charge in [0.15, 0.2) is 0 Å². The van der Waals surface area contributed by atoms with Gasteiger partial charge < -0.3 is 10.1 Å². The fraction of sp³-hybridized carbons (Fsp3) is 0.250. The molecule has 1 aliphatic heterocycles. The Morgan fingerprint density at radius 3 is 2.33 bits per heavy atom. The molecule has 0 atom stereocenters. The minimum absolute atomic E-state index is 0.181. The number of hydrogen-bond acceptors (Lipinski definition) is 4. The molecular weight excluding hydrogens is 364 g/mol.